The van der Waals surface area contributed by atoms with E-state index in [1.165, 1.54) is 11.3 Å². The standard InChI is InChI=1S/C17H9BrN2O2S/c18-11-5-3-4-10(8-11)14-9-23-17(19-14)20-15-12-6-1-2-7-13(12)16(21)22-15/h1,3-6,8-9,15H,(H,19,20)/t15-/m0/s1. The monoisotopic (exact) mass is 384 g/mol. The van der Waals surface area contributed by atoms with Crippen molar-refractivity contribution in [3.63, 3.8) is 0 Å². The zero-order valence-corrected chi connectivity index (χ0v) is 14.1. The average molecular weight is 385 g/mol. The maximum atomic E-state index is 11.8. The molecule has 1 aliphatic heterocycles. The Morgan fingerprint density at radius 1 is 1.35 bits per heavy atom. The molecule has 0 saturated heterocycles. The number of aromatic nitrogens is 1. The van der Waals surface area contributed by atoms with E-state index in [0.717, 1.165) is 21.3 Å². The Labute approximate surface area is 145 Å². The molecular weight excluding hydrogens is 376 g/mol. The van der Waals surface area contributed by atoms with E-state index in [9.17, 15) is 4.79 Å². The summed E-state index contributed by atoms with van der Waals surface area (Å²) in [5.74, 6) is -0.391. The van der Waals surface area contributed by atoms with E-state index in [-0.39, 0.29) is 0 Å². The summed E-state index contributed by atoms with van der Waals surface area (Å²) in [6.07, 6.45) is -0.537. The Balaban J connectivity index is 1.58. The first-order valence-corrected chi connectivity index (χ1v) is 8.49. The molecule has 1 aromatic heterocycles. The van der Waals surface area contributed by atoms with E-state index in [1.54, 1.807) is 12.1 Å². The fraction of sp³-hybridized carbons (Fsp3) is 0.0588. The Morgan fingerprint density at radius 2 is 2.26 bits per heavy atom. The van der Waals surface area contributed by atoms with E-state index >= 15 is 0 Å². The van der Waals surface area contributed by atoms with Crippen LogP contribution in [0.5, 0.6) is 0 Å². The summed E-state index contributed by atoms with van der Waals surface area (Å²) >= 11 is 4.92. The van der Waals surface area contributed by atoms with Crippen LogP contribution in [0.25, 0.3) is 11.3 Å². The van der Waals surface area contributed by atoms with Crippen LogP contribution in [0.4, 0.5) is 5.13 Å². The lowest BCUT2D eigenvalue weighted by Gasteiger charge is -2.11. The molecule has 0 bridgehead atoms. The van der Waals surface area contributed by atoms with Gasteiger partial charge in [0, 0.05) is 21.0 Å². The Kier molecular flexibility index (Phi) is 3.52. The number of halogens is 1. The highest BCUT2D eigenvalue weighted by atomic mass is 79.9. The predicted molar refractivity (Wildman–Crippen MR) is 91.1 cm³/mol. The van der Waals surface area contributed by atoms with Gasteiger partial charge in [-0.1, -0.05) is 40.2 Å². The van der Waals surface area contributed by atoms with Crippen LogP contribution in [0.15, 0.2) is 46.3 Å². The number of esters is 1. The van der Waals surface area contributed by atoms with Crippen molar-refractivity contribution >= 4 is 38.4 Å². The Hall–Kier alpha value is -2.36. The van der Waals surface area contributed by atoms with Crippen LogP contribution in [0.1, 0.15) is 22.1 Å². The summed E-state index contributed by atoms with van der Waals surface area (Å²) in [5.41, 5.74) is 3.08. The molecule has 23 heavy (non-hydrogen) atoms. The SMILES string of the molecule is O=C1O[C@H](Nc2nc(-c3cccc(Br)c3)cs2)c2ccc#cc21. The zero-order chi connectivity index (χ0) is 15.8. The summed E-state index contributed by atoms with van der Waals surface area (Å²) in [4.78, 5) is 16.4. The van der Waals surface area contributed by atoms with Crippen molar-refractivity contribution in [1.82, 2.24) is 4.98 Å². The van der Waals surface area contributed by atoms with Gasteiger partial charge in [0.25, 0.3) is 0 Å². The molecule has 4 rings (SSSR count). The minimum Gasteiger partial charge on any atom is -0.433 e. The van der Waals surface area contributed by atoms with Gasteiger partial charge in [-0.2, -0.15) is 0 Å². The van der Waals surface area contributed by atoms with Gasteiger partial charge in [-0.25, -0.2) is 9.78 Å². The topological polar surface area (TPSA) is 51.2 Å². The van der Waals surface area contributed by atoms with Crippen molar-refractivity contribution in [3.05, 3.63) is 69.5 Å². The largest absolute Gasteiger partial charge is 0.433 e. The smallest absolute Gasteiger partial charge is 0.349 e. The van der Waals surface area contributed by atoms with Crippen molar-refractivity contribution in [2.45, 2.75) is 6.23 Å². The minimum atomic E-state index is -0.537. The number of nitrogens with one attached hydrogen (secondary N) is 1. The second-order valence-corrected chi connectivity index (χ2v) is 6.68. The molecule has 3 aromatic rings. The van der Waals surface area contributed by atoms with Crippen molar-refractivity contribution in [2.75, 3.05) is 5.32 Å². The predicted octanol–water partition coefficient (Wildman–Crippen LogP) is 4.45. The third-order valence-electron chi connectivity index (χ3n) is 3.42. The third kappa shape index (κ3) is 2.69. The molecule has 4 nitrogen and oxygen atoms in total. The molecular formula is C17H9BrN2O2S. The normalized spacial score (nSPS) is 15.7. The summed E-state index contributed by atoms with van der Waals surface area (Å²) in [5, 5.41) is 5.81. The molecule has 0 fully saturated rings. The second-order valence-electron chi connectivity index (χ2n) is 4.91. The van der Waals surface area contributed by atoms with E-state index in [2.05, 4.69) is 38.4 Å². The number of anilines is 1. The maximum Gasteiger partial charge on any atom is 0.349 e. The molecule has 6 heteroatoms. The fourth-order valence-electron chi connectivity index (χ4n) is 2.36. The number of ether oxygens (including phenoxy) is 1. The molecule has 0 radical (unpaired) electrons. The first-order valence-electron chi connectivity index (χ1n) is 6.82. The van der Waals surface area contributed by atoms with Gasteiger partial charge in [0.1, 0.15) is 5.56 Å². The average Bonchev–Trinajstić information content (AvgIpc) is 3.14. The highest BCUT2D eigenvalue weighted by molar-refractivity contribution is 9.10. The van der Waals surface area contributed by atoms with Crippen molar-refractivity contribution < 1.29 is 9.53 Å². The fourth-order valence-corrected chi connectivity index (χ4v) is 3.49. The molecule has 0 unspecified atom stereocenters. The molecule has 1 N–H and O–H groups in total. The molecule has 1 atom stereocenters. The lowest BCUT2D eigenvalue weighted by atomic mass is 10.1. The van der Waals surface area contributed by atoms with E-state index in [1.807, 2.05) is 29.6 Å². The van der Waals surface area contributed by atoms with Crippen LogP contribution >= 0.6 is 27.3 Å². The third-order valence-corrected chi connectivity index (χ3v) is 4.69. The zero-order valence-electron chi connectivity index (χ0n) is 11.7. The number of hydrogen-bond acceptors (Lipinski definition) is 5. The Morgan fingerprint density at radius 3 is 3.13 bits per heavy atom. The molecule has 2 heterocycles. The lowest BCUT2D eigenvalue weighted by molar-refractivity contribution is 0.0437. The van der Waals surface area contributed by atoms with Crippen LogP contribution in [-0.4, -0.2) is 11.0 Å². The van der Waals surface area contributed by atoms with Gasteiger partial charge in [0.15, 0.2) is 5.13 Å². The number of thiazole rings is 1. The number of rotatable bonds is 3. The molecule has 1 aliphatic rings. The minimum absolute atomic E-state index is 0.391. The number of nitrogens with zero attached hydrogens (tertiary/aromatic N) is 1. The van der Waals surface area contributed by atoms with E-state index in [4.69, 9.17) is 4.74 Å². The summed E-state index contributed by atoms with van der Waals surface area (Å²) in [6.45, 7) is 0. The van der Waals surface area contributed by atoms with Crippen LogP contribution in [0, 0.1) is 12.1 Å². The number of benzene rings is 1. The quantitative estimate of drug-likeness (QED) is 0.677. The van der Waals surface area contributed by atoms with Crippen molar-refractivity contribution in [2.24, 2.45) is 0 Å². The van der Waals surface area contributed by atoms with Crippen LogP contribution in [0.3, 0.4) is 0 Å². The van der Waals surface area contributed by atoms with Gasteiger partial charge in [0.2, 0.25) is 6.23 Å². The number of carbonyl (C=O) groups excluding carboxylic acids is 1. The molecule has 0 amide bonds. The second kappa shape index (κ2) is 5.69. The van der Waals surface area contributed by atoms with E-state index in [0.29, 0.717) is 10.7 Å². The maximum absolute atomic E-state index is 11.8. The number of fused-ring (bicyclic) bond motifs is 1. The molecule has 0 aliphatic carbocycles. The van der Waals surface area contributed by atoms with Gasteiger partial charge in [-0.05, 0) is 24.3 Å². The summed E-state index contributed by atoms with van der Waals surface area (Å²) < 4.78 is 6.33. The van der Waals surface area contributed by atoms with Gasteiger partial charge >= 0.3 is 5.97 Å². The lowest BCUT2D eigenvalue weighted by Crippen LogP contribution is -2.09. The number of hydrogen-bond donors (Lipinski definition) is 1. The first-order chi connectivity index (χ1) is 11.2. The van der Waals surface area contributed by atoms with Crippen LogP contribution in [0.2, 0.25) is 0 Å². The van der Waals surface area contributed by atoms with Gasteiger partial charge in [-0.15, -0.1) is 11.3 Å². The highest BCUT2D eigenvalue weighted by Crippen LogP contribution is 2.33. The molecule has 0 spiro atoms. The van der Waals surface area contributed by atoms with Crippen LogP contribution in [-0.2, 0) is 4.74 Å². The van der Waals surface area contributed by atoms with Gasteiger partial charge in [-0.3, -0.25) is 0 Å². The Bertz CT molecular complexity index is 894. The molecule has 112 valence electrons. The molecule has 2 aromatic carbocycles. The first kappa shape index (κ1) is 14.2. The number of cyclic esters (lactones) is 1. The van der Waals surface area contributed by atoms with Crippen molar-refractivity contribution in [3.8, 4) is 11.3 Å². The summed E-state index contributed by atoms with van der Waals surface area (Å²) in [6, 6.07) is 17.0. The number of carbonyl (C=O) groups is 1. The van der Waals surface area contributed by atoms with Crippen LogP contribution < -0.4 is 5.32 Å². The van der Waals surface area contributed by atoms with E-state index < -0.39 is 12.2 Å². The molecule has 0 saturated carbocycles. The van der Waals surface area contributed by atoms with Gasteiger partial charge in [0.05, 0.1) is 5.69 Å². The highest BCUT2D eigenvalue weighted by Gasteiger charge is 2.31. The van der Waals surface area contributed by atoms with Gasteiger partial charge < -0.3 is 10.1 Å². The van der Waals surface area contributed by atoms with Crippen molar-refractivity contribution in [1.29, 1.82) is 0 Å². The summed E-state index contributed by atoms with van der Waals surface area (Å²) in [7, 11) is 0.